The number of hydrogen-bond donors (Lipinski definition) is 1. The smallest absolute Gasteiger partial charge is 0.257 e. The van der Waals surface area contributed by atoms with Crippen LogP contribution in [0.3, 0.4) is 0 Å². The van der Waals surface area contributed by atoms with E-state index in [1.807, 2.05) is 47.4 Å². The molecular weight excluding hydrogens is 470 g/mol. The molecule has 6 nitrogen and oxygen atoms in total. The number of aromatic nitrogens is 2. The fourth-order valence-corrected chi connectivity index (χ4v) is 5.62. The Balaban J connectivity index is 1.48. The predicted molar refractivity (Wildman–Crippen MR) is 144 cm³/mol. The third-order valence-corrected chi connectivity index (χ3v) is 7.76. The Kier molecular flexibility index (Phi) is 7.58. The molecule has 0 saturated carbocycles. The highest BCUT2D eigenvalue weighted by Crippen LogP contribution is 2.37. The molecule has 0 aliphatic carbocycles. The Morgan fingerprint density at radius 3 is 2.83 bits per heavy atom. The fourth-order valence-electron chi connectivity index (χ4n) is 4.77. The molecule has 0 spiro atoms. The van der Waals surface area contributed by atoms with Gasteiger partial charge in [-0.1, -0.05) is 37.3 Å². The summed E-state index contributed by atoms with van der Waals surface area (Å²) in [6.07, 6.45) is 3.55. The van der Waals surface area contributed by atoms with Crippen molar-refractivity contribution in [3.05, 3.63) is 89.2 Å². The second kappa shape index (κ2) is 11.2. The van der Waals surface area contributed by atoms with Crippen LogP contribution in [0.2, 0.25) is 0 Å². The van der Waals surface area contributed by atoms with E-state index in [0.717, 1.165) is 51.5 Å². The van der Waals surface area contributed by atoms with Crippen LogP contribution >= 0.6 is 11.8 Å². The van der Waals surface area contributed by atoms with Gasteiger partial charge in [-0.3, -0.25) is 4.79 Å². The molecule has 2 aromatic carbocycles. The summed E-state index contributed by atoms with van der Waals surface area (Å²) in [6, 6.07) is 19.7. The zero-order valence-electron chi connectivity index (χ0n) is 20.7. The van der Waals surface area contributed by atoms with Crippen LogP contribution in [0, 0.1) is 0 Å². The van der Waals surface area contributed by atoms with Crippen LogP contribution in [-0.4, -0.2) is 46.8 Å². The Hall–Kier alpha value is -3.29. The van der Waals surface area contributed by atoms with Crippen molar-refractivity contribution in [2.75, 3.05) is 26.0 Å². The van der Waals surface area contributed by atoms with Crippen molar-refractivity contribution in [2.45, 2.75) is 37.4 Å². The molecule has 1 unspecified atom stereocenters. The van der Waals surface area contributed by atoms with E-state index in [9.17, 15) is 4.79 Å². The molecule has 2 aromatic heterocycles. The number of methoxy groups -OCH3 is 1. The number of nitrogens with one attached hydrogen (secondary N) is 1. The van der Waals surface area contributed by atoms with Crippen molar-refractivity contribution in [1.82, 2.24) is 14.9 Å². The highest BCUT2D eigenvalue weighted by Gasteiger charge is 2.35. The van der Waals surface area contributed by atoms with E-state index in [2.05, 4.69) is 35.1 Å². The Labute approximate surface area is 216 Å². The lowest BCUT2D eigenvalue weighted by Gasteiger charge is -2.36. The maximum atomic E-state index is 13.9. The summed E-state index contributed by atoms with van der Waals surface area (Å²) in [5.41, 5.74) is 5.08. The SMILES string of the molecule is CCCSc1ncccc1C(=O)N1CCc2c([nH]c3ccc(OC)cc23)C1COCc1ccccc1. The van der Waals surface area contributed by atoms with Crippen molar-refractivity contribution in [3.63, 3.8) is 0 Å². The average molecular weight is 502 g/mol. The summed E-state index contributed by atoms with van der Waals surface area (Å²) in [5, 5.41) is 1.94. The molecule has 0 fully saturated rings. The number of amides is 1. The van der Waals surface area contributed by atoms with Crippen LogP contribution in [0.1, 0.15) is 46.6 Å². The van der Waals surface area contributed by atoms with Crippen LogP contribution in [0.5, 0.6) is 5.75 Å². The number of rotatable bonds is 9. The quantitative estimate of drug-likeness (QED) is 0.284. The van der Waals surface area contributed by atoms with Gasteiger partial charge < -0.3 is 19.4 Å². The molecule has 3 heterocycles. The zero-order valence-corrected chi connectivity index (χ0v) is 21.5. The molecular formula is C29H31N3O3S. The molecule has 1 N–H and O–H groups in total. The first-order valence-electron chi connectivity index (χ1n) is 12.4. The van der Waals surface area contributed by atoms with Gasteiger partial charge in [0.15, 0.2) is 0 Å². The van der Waals surface area contributed by atoms with E-state index >= 15 is 0 Å². The molecule has 36 heavy (non-hydrogen) atoms. The van der Waals surface area contributed by atoms with Crippen LogP contribution in [0.25, 0.3) is 10.9 Å². The van der Waals surface area contributed by atoms with E-state index in [0.29, 0.717) is 25.3 Å². The van der Waals surface area contributed by atoms with Gasteiger partial charge in [-0.2, -0.15) is 0 Å². The molecule has 7 heteroatoms. The number of pyridine rings is 1. The van der Waals surface area contributed by atoms with Crippen molar-refractivity contribution in [1.29, 1.82) is 0 Å². The molecule has 4 aromatic rings. The second-order valence-electron chi connectivity index (χ2n) is 8.90. The molecule has 0 bridgehead atoms. The number of nitrogens with zero attached hydrogens (tertiary/aromatic N) is 2. The summed E-state index contributed by atoms with van der Waals surface area (Å²) in [7, 11) is 1.68. The van der Waals surface area contributed by atoms with Crippen molar-refractivity contribution >= 4 is 28.6 Å². The van der Waals surface area contributed by atoms with Crippen molar-refractivity contribution < 1.29 is 14.3 Å². The van der Waals surface area contributed by atoms with E-state index in [1.54, 1.807) is 25.1 Å². The number of hydrogen-bond acceptors (Lipinski definition) is 5. The van der Waals surface area contributed by atoms with Crippen LogP contribution in [0.4, 0.5) is 0 Å². The number of carbonyl (C=O) groups excluding carboxylic acids is 1. The number of carbonyl (C=O) groups is 1. The van der Waals surface area contributed by atoms with Gasteiger partial charge in [-0.15, -0.1) is 11.8 Å². The lowest BCUT2D eigenvalue weighted by molar-refractivity contribution is 0.0336. The topological polar surface area (TPSA) is 67.5 Å². The third kappa shape index (κ3) is 4.99. The number of thioether (sulfide) groups is 1. The second-order valence-corrected chi connectivity index (χ2v) is 9.98. The Morgan fingerprint density at radius 1 is 1.17 bits per heavy atom. The van der Waals surface area contributed by atoms with Gasteiger partial charge in [0.2, 0.25) is 0 Å². The standard InChI is InChI=1S/C29H31N3O3S/c1-3-16-36-28-23(10-7-14-30-28)29(33)32-15-13-22-24-17-21(34-2)11-12-25(24)31-27(22)26(32)19-35-18-20-8-5-4-6-9-20/h4-12,14,17,26,31H,3,13,15-16,18-19H2,1-2H3. The van der Waals surface area contributed by atoms with Gasteiger partial charge in [-0.05, 0) is 60.1 Å². The van der Waals surface area contributed by atoms with Gasteiger partial charge >= 0.3 is 0 Å². The molecule has 5 rings (SSSR count). The lowest BCUT2D eigenvalue weighted by atomic mass is 9.96. The third-order valence-electron chi connectivity index (χ3n) is 6.55. The minimum atomic E-state index is -0.229. The molecule has 186 valence electrons. The molecule has 1 aliphatic heterocycles. The van der Waals surface area contributed by atoms with Crippen LogP contribution < -0.4 is 4.74 Å². The molecule has 1 amide bonds. The summed E-state index contributed by atoms with van der Waals surface area (Å²) >= 11 is 1.64. The minimum Gasteiger partial charge on any atom is -0.497 e. The van der Waals surface area contributed by atoms with Gasteiger partial charge in [0, 0.05) is 29.3 Å². The summed E-state index contributed by atoms with van der Waals surface area (Å²) in [5.74, 6) is 1.75. The van der Waals surface area contributed by atoms with E-state index in [4.69, 9.17) is 9.47 Å². The fraction of sp³-hybridized carbons (Fsp3) is 0.310. The maximum Gasteiger partial charge on any atom is 0.257 e. The summed E-state index contributed by atoms with van der Waals surface area (Å²) < 4.78 is 11.7. The first kappa shape index (κ1) is 24.4. The highest BCUT2D eigenvalue weighted by atomic mass is 32.2. The van der Waals surface area contributed by atoms with Crippen molar-refractivity contribution in [3.8, 4) is 5.75 Å². The summed E-state index contributed by atoms with van der Waals surface area (Å²) in [4.78, 5) is 24.0. The largest absolute Gasteiger partial charge is 0.497 e. The van der Waals surface area contributed by atoms with E-state index in [-0.39, 0.29) is 11.9 Å². The first-order valence-corrected chi connectivity index (χ1v) is 13.4. The first-order chi connectivity index (χ1) is 17.7. The average Bonchev–Trinajstić information content (AvgIpc) is 3.30. The number of ether oxygens (including phenoxy) is 2. The minimum absolute atomic E-state index is 0.00287. The summed E-state index contributed by atoms with van der Waals surface area (Å²) in [6.45, 7) is 3.64. The van der Waals surface area contributed by atoms with Gasteiger partial charge in [0.25, 0.3) is 5.91 Å². The predicted octanol–water partition coefficient (Wildman–Crippen LogP) is 6.03. The van der Waals surface area contributed by atoms with Gasteiger partial charge in [-0.25, -0.2) is 4.98 Å². The Bertz CT molecular complexity index is 1340. The number of benzene rings is 2. The maximum absolute atomic E-state index is 13.9. The molecule has 1 aliphatic rings. The molecule has 0 saturated heterocycles. The van der Waals surface area contributed by atoms with E-state index < -0.39 is 0 Å². The zero-order chi connectivity index (χ0) is 24.9. The van der Waals surface area contributed by atoms with Crippen LogP contribution in [-0.2, 0) is 17.8 Å². The molecule has 1 atom stereocenters. The highest BCUT2D eigenvalue weighted by molar-refractivity contribution is 7.99. The normalized spacial score (nSPS) is 15.2. The monoisotopic (exact) mass is 501 g/mol. The van der Waals surface area contributed by atoms with Gasteiger partial charge in [0.05, 0.1) is 31.9 Å². The van der Waals surface area contributed by atoms with E-state index in [1.165, 1.54) is 5.56 Å². The van der Waals surface area contributed by atoms with Crippen molar-refractivity contribution in [2.24, 2.45) is 0 Å². The Morgan fingerprint density at radius 2 is 2.03 bits per heavy atom. The van der Waals surface area contributed by atoms with Crippen LogP contribution in [0.15, 0.2) is 71.9 Å². The number of fused-ring (bicyclic) bond motifs is 3. The van der Waals surface area contributed by atoms with Gasteiger partial charge in [0.1, 0.15) is 10.8 Å². The molecule has 0 radical (unpaired) electrons. The lowest BCUT2D eigenvalue weighted by Crippen LogP contribution is -2.42. The number of aromatic amines is 1. The number of H-pyrrole nitrogens is 1.